The van der Waals surface area contributed by atoms with Gasteiger partial charge < -0.3 is 15.2 Å². The molecule has 0 saturated heterocycles. The molecule has 1 saturated carbocycles. The van der Waals surface area contributed by atoms with Crippen molar-refractivity contribution in [3.8, 4) is 0 Å². The summed E-state index contributed by atoms with van der Waals surface area (Å²) in [6.07, 6.45) is 9.13. The van der Waals surface area contributed by atoms with E-state index in [9.17, 15) is 0 Å². The van der Waals surface area contributed by atoms with E-state index in [4.69, 9.17) is 0 Å². The second kappa shape index (κ2) is 11.9. The van der Waals surface area contributed by atoms with Gasteiger partial charge in [-0.3, -0.25) is 9.67 Å². The Labute approximate surface area is 201 Å². The standard InChI is InChI=1S/C20H34N8S.HI/c1-14-17(15(2)27(4)26-14)13-23-19(21-3)22-12-8-11-18-24-25-20(29-5)28(18)16-9-6-7-10-16;/h16H,6-13H2,1-5H3,(H2,21,22,23);1H. The molecule has 30 heavy (non-hydrogen) atoms. The molecule has 1 aliphatic rings. The smallest absolute Gasteiger partial charge is 0.191 e. The van der Waals surface area contributed by atoms with Gasteiger partial charge in [0.25, 0.3) is 0 Å². The highest BCUT2D eigenvalue weighted by atomic mass is 127. The van der Waals surface area contributed by atoms with Crippen molar-refractivity contribution in [1.82, 2.24) is 35.2 Å². The van der Waals surface area contributed by atoms with Crippen LogP contribution in [0.25, 0.3) is 0 Å². The van der Waals surface area contributed by atoms with Crippen molar-refractivity contribution in [2.75, 3.05) is 19.8 Å². The number of nitrogens with zero attached hydrogens (tertiary/aromatic N) is 6. The van der Waals surface area contributed by atoms with E-state index in [1.807, 2.05) is 18.7 Å². The Morgan fingerprint density at radius 3 is 2.53 bits per heavy atom. The molecule has 0 amide bonds. The highest BCUT2D eigenvalue weighted by Crippen LogP contribution is 2.33. The molecule has 168 valence electrons. The number of aryl methyl sites for hydroxylation is 3. The van der Waals surface area contributed by atoms with Crippen molar-refractivity contribution < 1.29 is 0 Å². The van der Waals surface area contributed by atoms with Gasteiger partial charge in [0.05, 0.1) is 5.69 Å². The van der Waals surface area contributed by atoms with E-state index in [0.29, 0.717) is 6.04 Å². The van der Waals surface area contributed by atoms with Crippen molar-refractivity contribution in [2.24, 2.45) is 12.0 Å². The summed E-state index contributed by atoms with van der Waals surface area (Å²) < 4.78 is 4.31. The maximum Gasteiger partial charge on any atom is 0.191 e. The van der Waals surface area contributed by atoms with Gasteiger partial charge in [-0.25, -0.2) is 0 Å². The number of nitrogens with one attached hydrogen (secondary N) is 2. The van der Waals surface area contributed by atoms with Crippen LogP contribution in [0.15, 0.2) is 10.1 Å². The molecular weight excluding hydrogens is 511 g/mol. The van der Waals surface area contributed by atoms with Gasteiger partial charge >= 0.3 is 0 Å². The summed E-state index contributed by atoms with van der Waals surface area (Å²) in [7, 11) is 3.78. The first-order valence-electron chi connectivity index (χ1n) is 10.5. The number of hydrogen-bond donors (Lipinski definition) is 2. The predicted molar refractivity (Wildman–Crippen MR) is 134 cm³/mol. The van der Waals surface area contributed by atoms with Gasteiger partial charge in [-0.05, 0) is 39.4 Å². The van der Waals surface area contributed by atoms with Gasteiger partial charge in [0.1, 0.15) is 5.82 Å². The van der Waals surface area contributed by atoms with E-state index in [1.165, 1.54) is 36.9 Å². The molecule has 0 aromatic carbocycles. The van der Waals surface area contributed by atoms with Gasteiger partial charge in [0.15, 0.2) is 11.1 Å². The average molecular weight is 547 g/mol. The van der Waals surface area contributed by atoms with Crippen molar-refractivity contribution in [1.29, 1.82) is 0 Å². The molecule has 2 heterocycles. The number of aliphatic imine (C=N–C) groups is 1. The van der Waals surface area contributed by atoms with Crippen molar-refractivity contribution in [3.05, 3.63) is 22.8 Å². The molecule has 1 aliphatic carbocycles. The van der Waals surface area contributed by atoms with Crippen molar-refractivity contribution in [3.63, 3.8) is 0 Å². The normalized spacial score (nSPS) is 14.8. The van der Waals surface area contributed by atoms with Gasteiger partial charge in [-0.1, -0.05) is 24.6 Å². The number of halogens is 1. The zero-order valence-corrected chi connectivity index (χ0v) is 21.9. The molecule has 3 rings (SSSR count). The second-order valence-electron chi connectivity index (χ2n) is 7.64. The molecule has 2 aromatic heterocycles. The zero-order valence-electron chi connectivity index (χ0n) is 18.7. The molecule has 0 aliphatic heterocycles. The van der Waals surface area contributed by atoms with Crippen LogP contribution in [0.5, 0.6) is 0 Å². The maximum absolute atomic E-state index is 4.48. The Hall–Kier alpha value is -1.30. The number of hydrogen-bond acceptors (Lipinski definition) is 5. The minimum Gasteiger partial charge on any atom is -0.356 e. The highest BCUT2D eigenvalue weighted by Gasteiger charge is 2.23. The second-order valence-corrected chi connectivity index (χ2v) is 8.41. The number of guanidine groups is 1. The zero-order chi connectivity index (χ0) is 20.8. The molecule has 0 radical (unpaired) electrons. The van der Waals surface area contributed by atoms with Crippen molar-refractivity contribution in [2.45, 2.75) is 70.1 Å². The van der Waals surface area contributed by atoms with E-state index in [2.05, 4.69) is 48.7 Å². The van der Waals surface area contributed by atoms with Crippen LogP contribution in [-0.4, -0.2) is 50.4 Å². The minimum absolute atomic E-state index is 0. The highest BCUT2D eigenvalue weighted by molar-refractivity contribution is 14.0. The monoisotopic (exact) mass is 546 g/mol. The fraction of sp³-hybridized carbons (Fsp3) is 0.700. The summed E-state index contributed by atoms with van der Waals surface area (Å²) in [6.45, 7) is 5.70. The van der Waals surface area contributed by atoms with Gasteiger partial charge in [-0.15, -0.1) is 34.2 Å². The van der Waals surface area contributed by atoms with E-state index in [0.717, 1.165) is 48.6 Å². The summed E-state index contributed by atoms with van der Waals surface area (Å²) in [4.78, 5) is 4.34. The van der Waals surface area contributed by atoms with Crippen LogP contribution in [0.1, 0.15) is 60.9 Å². The lowest BCUT2D eigenvalue weighted by Gasteiger charge is -2.16. The third kappa shape index (κ3) is 5.89. The third-order valence-electron chi connectivity index (χ3n) is 5.79. The van der Waals surface area contributed by atoms with E-state index in [-0.39, 0.29) is 24.0 Å². The summed E-state index contributed by atoms with van der Waals surface area (Å²) in [5.74, 6) is 1.93. The van der Waals surface area contributed by atoms with Crippen LogP contribution in [-0.2, 0) is 20.0 Å². The molecule has 0 bridgehead atoms. The third-order valence-corrected chi connectivity index (χ3v) is 6.44. The predicted octanol–water partition coefficient (Wildman–Crippen LogP) is 3.38. The number of rotatable bonds is 8. The lowest BCUT2D eigenvalue weighted by molar-refractivity contribution is 0.460. The Morgan fingerprint density at radius 2 is 1.93 bits per heavy atom. The molecule has 0 unspecified atom stereocenters. The lowest BCUT2D eigenvalue weighted by Crippen LogP contribution is -2.37. The van der Waals surface area contributed by atoms with Gasteiger partial charge in [0, 0.05) is 50.9 Å². The molecular formula is C20H35IN8S. The Morgan fingerprint density at radius 1 is 1.20 bits per heavy atom. The fourth-order valence-electron chi connectivity index (χ4n) is 4.07. The Bertz CT molecular complexity index is 838. The van der Waals surface area contributed by atoms with Crippen LogP contribution in [0, 0.1) is 13.8 Å². The first-order valence-corrected chi connectivity index (χ1v) is 11.7. The minimum atomic E-state index is 0. The summed E-state index contributed by atoms with van der Waals surface area (Å²) in [6, 6.07) is 0.579. The maximum atomic E-state index is 4.48. The number of thioether (sulfide) groups is 1. The largest absolute Gasteiger partial charge is 0.356 e. The van der Waals surface area contributed by atoms with Gasteiger partial charge in [-0.2, -0.15) is 5.10 Å². The van der Waals surface area contributed by atoms with Crippen LogP contribution < -0.4 is 10.6 Å². The van der Waals surface area contributed by atoms with Crippen LogP contribution in [0.3, 0.4) is 0 Å². The molecule has 8 nitrogen and oxygen atoms in total. The lowest BCUT2D eigenvalue weighted by atomic mass is 10.2. The van der Waals surface area contributed by atoms with Crippen LogP contribution >= 0.6 is 35.7 Å². The molecule has 2 N–H and O–H groups in total. The first-order chi connectivity index (χ1) is 14.0. The number of aromatic nitrogens is 5. The average Bonchev–Trinajstić information content (AvgIpc) is 3.42. The fourth-order valence-corrected chi connectivity index (χ4v) is 4.64. The van der Waals surface area contributed by atoms with E-state index < -0.39 is 0 Å². The molecule has 0 spiro atoms. The topological polar surface area (TPSA) is 84.9 Å². The van der Waals surface area contributed by atoms with Crippen LogP contribution in [0.2, 0.25) is 0 Å². The quantitative estimate of drug-likeness (QED) is 0.174. The van der Waals surface area contributed by atoms with E-state index in [1.54, 1.807) is 18.8 Å². The van der Waals surface area contributed by atoms with E-state index >= 15 is 0 Å². The van der Waals surface area contributed by atoms with Gasteiger partial charge in [0.2, 0.25) is 0 Å². The molecule has 2 aromatic rings. The molecule has 0 atom stereocenters. The Balaban J connectivity index is 0.00000320. The molecule has 10 heteroatoms. The van der Waals surface area contributed by atoms with Crippen LogP contribution in [0.4, 0.5) is 0 Å². The summed E-state index contributed by atoms with van der Waals surface area (Å²) in [5.41, 5.74) is 3.47. The Kier molecular flexibility index (Phi) is 9.92. The van der Waals surface area contributed by atoms with Crippen molar-refractivity contribution >= 4 is 41.7 Å². The molecule has 1 fully saturated rings. The summed E-state index contributed by atoms with van der Waals surface area (Å²) >= 11 is 1.70. The SMILES string of the molecule is CN=C(NCCCc1nnc(SC)n1C1CCCC1)NCc1c(C)nn(C)c1C.I. The first kappa shape index (κ1) is 25.0. The summed E-state index contributed by atoms with van der Waals surface area (Å²) in [5, 5.41) is 21.2.